The molecule has 1 heterocycles. The van der Waals surface area contributed by atoms with E-state index in [0.29, 0.717) is 5.56 Å². The molecule has 3 amide bonds. The van der Waals surface area contributed by atoms with Crippen molar-refractivity contribution in [3.63, 3.8) is 0 Å². The van der Waals surface area contributed by atoms with Gasteiger partial charge in [0.15, 0.2) is 0 Å². The van der Waals surface area contributed by atoms with Crippen LogP contribution in [0.5, 0.6) is 0 Å². The molecule has 1 aliphatic heterocycles. The first-order valence-electron chi connectivity index (χ1n) is 11.3. The van der Waals surface area contributed by atoms with E-state index < -0.39 is 32.8 Å². The first-order valence-corrected chi connectivity index (χ1v) is 12.8. The summed E-state index contributed by atoms with van der Waals surface area (Å²) in [4.78, 5) is 41.8. The molecule has 4 rings (SSSR count). The summed E-state index contributed by atoms with van der Waals surface area (Å²) in [5.74, 6) is -2.37. The smallest absolute Gasteiger partial charge is 0.261 e. The van der Waals surface area contributed by atoms with Gasteiger partial charge in [-0.05, 0) is 48.5 Å². The molecule has 0 unspecified atom stereocenters. The molecule has 1 aliphatic rings. The van der Waals surface area contributed by atoms with Gasteiger partial charge in [0.2, 0.25) is 15.2 Å². The first-order chi connectivity index (χ1) is 17.3. The Hall–Kier alpha value is -4.05. The molecule has 1 saturated heterocycles. The minimum atomic E-state index is -4.31. The summed E-state index contributed by atoms with van der Waals surface area (Å²) >= 11 is 0. The van der Waals surface area contributed by atoms with E-state index in [1.54, 1.807) is 41.3 Å². The van der Waals surface area contributed by atoms with Gasteiger partial charge in [-0.25, -0.2) is 12.8 Å². The monoisotopic (exact) mass is 509 g/mol. The number of halogens is 1. The molecule has 0 spiro atoms. The summed E-state index contributed by atoms with van der Waals surface area (Å²) < 4.78 is 40.1. The third-order valence-electron chi connectivity index (χ3n) is 5.87. The topological polar surface area (TPSA) is 104 Å². The number of nitrogens with zero attached hydrogens (tertiary/aromatic N) is 2. The molecule has 0 radical (unpaired) electrons. The second-order valence-corrected chi connectivity index (χ2v) is 10.2. The number of sulfone groups is 1. The van der Waals surface area contributed by atoms with Crippen molar-refractivity contribution in [2.45, 2.75) is 10.3 Å². The molecular weight excluding hydrogens is 485 g/mol. The number of benzene rings is 3. The Labute approximate surface area is 208 Å². The maximum absolute atomic E-state index is 13.5. The second kappa shape index (κ2) is 10.7. The van der Waals surface area contributed by atoms with Crippen LogP contribution >= 0.6 is 0 Å². The van der Waals surface area contributed by atoms with Crippen LogP contribution in [0.25, 0.3) is 0 Å². The molecule has 0 saturated carbocycles. The molecule has 0 bridgehead atoms. The maximum Gasteiger partial charge on any atom is 0.261 e. The number of piperazine rings is 1. The van der Waals surface area contributed by atoms with Gasteiger partial charge >= 0.3 is 0 Å². The van der Waals surface area contributed by atoms with Gasteiger partial charge in [-0.1, -0.05) is 36.4 Å². The average Bonchev–Trinajstić information content (AvgIpc) is 2.92. The zero-order chi connectivity index (χ0) is 25.7. The number of amides is 3. The zero-order valence-corrected chi connectivity index (χ0v) is 20.0. The highest BCUT2D eigenvalue weighted by molar-refractivity contribution is 7.92. The van der Waals surface area contributed by atoms with Gasteiger partial charge in [-0.2, -0.15) is 0 Å². The standard InChI is InChI=1S/C26H24FN3O5S/c27-21-13-11-19(12-14-21)23(31)28-24(36(34,35)22-9-5-2-6-10-22)26(33)30-17-15-29(16-18-30)25(32)20-7-3-1-4-8-20/h1-14,24H,15-18H2,(H,28,31)/t24-/m0/s1. The van der Waals surface area contributed by atoms with Crippen molar-refractivity contribution in [1.29, 1.82) is 0 Å². The van der Waals surface area contributed by atoms with Crippen molar-refractivity contribution in [3.05, 3.63) is 102 Å². The number of hydrogen-bond donors (Lipinski definition) is 1. The van der Waals surface area contributed by atoms with Gasteiger partial charge in [0.25, 0.3) is 17.7 Å². The van der Waals surface area contributed by atoms with E-state index in [1.807, 2.05) is 0 Å². The summed E-state index contributed by atoms with van der Waals surface area (Å²) in [5, 5.41) is 0.433. The van der Waals surface area contributed by atoms with Gasteiger partial charge in [-0.15, -0.1) is 0 Å². The number of rotatable bonds is 6. The minimum Gasteiger partial charge on any atom is -0.336 e. The Morgan fingerprint density at radius 1 is 0.722 bits per heavy atom. The summed E-state index contributed by atoms with van der Waals surface area (Å²) in [6.07, 6.45) is 0. The Bertz CT molecular complexity index is 1340. The molecule has 186 valence electrons. The quantitative estimate of drug-likeness (QED) is 0.550. The largest absolute Gasteiger partial charge is 0.336 e. The van der Waals surface area contributed by atoms with Crippen LogP contribution in [0.1, 0.15) is 20.7 Å². The van der Waals surface area contributed by atoms with E-state index in [0.717, 1.165) is 12.1 Å². The van der Waals surface area contributed by atoms with Crippen molar-refractivity contribution in [1.82, 2.24) is 15.1 Å². The van der Waals surface area contributed by atoms with Crippen molar-refractivity contribution in [3.8, 4) is 0 Å². The summed E-state index contributed by atoms with van der Waals surface area (Å²) in [5.41, 5.74) is 0.532. The molecule has 1 fully saturated rings. The fraction of sp³-hybridized carbons (Fsp3) is 0.192. The molecule has 36 heavy (non-hydrogen) atoms. The highest BCUT2D eigenvalue weighted by Crippen LogP contribution is 2.19. The minimum absolute atomic E-state index is 0.00994. The maximum atomic E-state index is 13.5. The van der Waals surface area contributed by atoms with Crippen molar-refractivity contribution < 1.29 is 27.2 Å². The highest BCUT2D eigenvalue weighted by Gasteiger charge is 2.39. The lowest BCUT2D eigenvalue weighted by molar-refractivity contribution is -0.132. The number of carbonyl (C=O) groups excluding carboxylic acids is 3. The van der Waals surface area contributed by atoms with Crippen LogP contribution in [0.3, 0.4) is 0 Å². The predicted molar refractivity (Wildman–Crippen MR) is 130 cm³/mol. The molecule has 1 N–H and O–H groups in total. The van der Waals surface area contributed by atoms with Crippen LogP contribution < -0.4 is 5.32 Å². The van der Waals surface area contributed by atoms with Crippen LogP contribution in [0, 0.1) is 5.82 Å². The van der Waals surface area contributed by atoms with E-state index in [4.69, 9.17) is 0 Å². The fourth-order valence-corrected chi connectivity index (χ4v) is 5.37. The summed E-state index contributed by atoms with van der Waals surface area (Å²) in [6.45, 7) is 0.627. The van der Waals surface area contributed by atoms with E-state index in [-0.39, 0.29) is 42.5 Å². The Morgan fingerprint density at radius 2 is 1.25 bits per heavy atom. The molecule has 3 aromatic rings. The lowest BCUT2D eigenvalue weighted by Gasteiger charge is -2.36. The SMILES string of the molecule is O=C(N[C@H](C(=O)N1CCN(C(=O)c2ccccc2)CC1)S(=O)(=O)c1ccccc1)c1ccc(F)cc1. The molecule has 0 aliphatic carbocycles. The van der Waals surface area contributed by atoms with E-state index in [1.165, 1.54) is 41.3 Å². The van der Waals surface area contributed by atoms with Crippen molar-refractivity contribution >= 4 is 27.6 Å². The Kier molecular flexibility index (Phi) is 7.44. The van der Waals surface area contributed by atoms with E-state index in [2.05, 4.69) is 5.32 Å². The fourth-order valence-electron chi connectivity index (χ4n) is 3.88. The molecule has 1 atom stereocenters. The van der Waals surface area contributed by atoms with Crippen LogP contribution in [0.4, 0.5) is 4.39 Å². The van der Waals surface area contributed by atoms with Crippen LogP contribution in [-0.4, -0.2) is 67.5 Å². The number of hydrogen-bond acceptors (Lipinski definition) is 5. The molecule has 0 aromatic heterocycles. The number of carbonyl (C=O) groups is 3. The van der Waals surface area contributed by atoms with E-state index in [9.17, 15) is 27.2 Å². The molecule has 10 heteroatoms. The summed E-state index contributed by atoms with van der Waals surface area (Å²) in [7, 11) is -4.31. The van der Waals surface area contributed by atoms with Crippen molar-refractivity contribution in [2.75, 3.05) is 26.2 Å². The third-order valence-corrected chi connectivity index (χ3v) is 7.74. The lowest BCUT2D eigenvalue weighted by atomic mass is 10.2. The van der Waals surface area contributed by atoms with Gasteiger partial charge in [0.1, 0.15) is 5.82 Å². The third kappa shape index (κ3) is 5.44. The first kappa shape index (κ1) is 25.1. The van der Waals surface area contributed by atoms with E-state index >= 15 is 0 Å². The second-order valence-electron chi connectivity index (χ2n) is 8.20. The lowest BCUT2D eigenvalue weighted by Crippen LogP contribution is -2.57. The average molecular weight is 510 g/mol. The molecule has 8 nitrogen and oxygen atoms in total. The van der Waals surface area contributed by atoms with Gasteiger partial charge in [-0.3, -0.25) is 14.4 Å². The highest BCUT2D eigenvalue weighted by atomic mass is 32.2. The summed E-state index contributed by atoms with van der Waals surface area (Å²) in [6, 6.07) is 20.6. The zero-order valence-electron chi connectivity index (χ0n) is 19.2. The molecule has 3 aromatic carbocycles. The van der Waals surface area contributed by atoms with Crippen LogP contribution in [0.15, 0.2) is 89.8 Å². The van der Waals surface area contributed by atoms with Crippen LogP contribution in [0.2, 0.25) is 0 Å². The van der Waals surface area contributed by atoms with Crippen molar-refractivity contribution in [2.24, 2.45) is 0 Å². The Morgan fingerprint density at radius 3 is 1.83 bits per heavy atom. The predicted octanol–water partition coefficient (Wildman–Crippen LogP) is 2.34. The van der Waals surface area contributed by atoms with Gasteiger partial charge in [0, 0.05) is 37.3 Å². The van der Waals surface area contributed by atoms with Gasteiger partial charge in [0.05, 0.1) is 4.90 Å². The number of nitrogens with one attached hydrogen (secondary N) is 1. The van der Waals surface area contributed by atoms with Gasteiger partial charge < -0.3 is 15.1 Å². The van der Waals surface area contributed by atoms with Crippen LogP contribution in [-0.2, 0) is 14.6 Å². The molecular formula is C26H24FN3O5S. The normalized spacial score (nSPS) is 14.7. The Balaban J connectivity index is 1.54.